The number of imidazole rings is 1. The number of benzene rings is 2. The number of unbranched alkanes of at least 4 members (excludes halogenated alkanes) is 2. The van der Waals surface area contributed by atoms with Gasteiger partial charge in [-0.05, 0) is 44.0 Å². The summed E-state index contributed by atoms with van der Waals surface area (Å²) in [5, 5.41) is 3.54. The standard InChI is InChI=1S/C26H33N3O2.BF4/c1-5-7-18-28-22-16-12-13-17-23(22)29(19-8-6-2)25(28)24(20(3)26(30)31-4)27-21-14-10-9-11-15-21;2-1(3,4)5/h9-17H,5-8,18-19H2,1-4H3;/q;-1/p+1. The normalized spacial score (nSPS) is 12.0. The van der Waals surface area contributed by atoms with Crippen LogP contribution in [0.15, 0.2) is 60.2 Å². The molecular formula is C26H34BF4N3O2. The molecule has 0 bridgehead atoms. The van der Waals surface area contributed by atoms with Crippen molar-refractivity contribution in [2.24, 2.45) is 0 Å². The number of rotatable bonds is 10. The maximum atomic E-state index is 12.6. The van der Waals surface area contributed by atoms with E-state index in [0.29, 0.717) is 5.57 Å². The first-order valence-corrected chi connectivity index (χ1v) is 12.1. The summed E-state index contributed by atoms with van der Waals surface area (Å²) in [6, 6.07) is 18.5. The number of aryl methyl sites for hydroxylation is 2. The van der Waals surface area contributed by atoms with Crippen LogP contribution in [-0.4, -0.2) is 24.9 Å². The number of aromatic nitrogens is 2. The van der Waals surface area contributed by atoms with E-state index in [0.717, 1.165) is 56.0 Å². The summed E-state index contributed by atoms with van der Waals surface area (Å²) >= 11 is 0. The fraction of sp³-hybridized carbons (Fsp3) is 0.385. The lowest BCUT2D eigenvalue weighted by Crippen LogP contribution is -2.39. The second-order valence-electron chi connectivity index (χ2n) is 8.30. The highest BCUT2D eigenvalue weighted by Crippen LogP contribution is 2.26. The number of hydrogen-bond acceptors (Lipinski definition) is 3. The van der Waals surface area contributed by atoms with Gasteiger partial charge in [-0.2, -0.15) is 0 Å². The van der Waals surface area contributed by atoms with Crippen LogP contribution in [0.2, 0.25) is 0 Å². The maximum absolute atomic E-state index is 12.6. The van der Waals surface area contributed by atoms with Crippen LogP contribution in [0, 0.1) is 0 Å². The lowest BCUT2D eigenvalue weighted by atomic mass is 10.2. The van der Waals surface area contributed by atoms with E-state index in [-0.39, 0.29) is 5.97 Å². The third-order valence-corrected chi connectivity index (χ3v) is 5.58. The Morgan fingerprint density at radius 3 is 2.14 bits per heavy atom. The van der Waals surface area contributed by atoms with Crippen LogP contribution in [0.5, 0.6) is 0 Å². The largest absolute Gasteiger partial charge is 0.673 e. The number of carbonyl (C=O) groups is 1. The molecule has 0 spiro atoms. The topological polar surface area (TPSA) is 47.1 Å². The number of fused-ring (bicyclic) bond motifs is 1. The van der Waals surface area contributed by atoms with E-state index in [4.69, 9.17) is 4.74 Å². The Hall–Kier alpha value is -3.30. The highest BCUT2D eigenvalue weighted by Gasteiger charge is 2.30. The van der Waals surface area contributed by atoms with Crippen LogP contribution in [0.1, 0.15) is 52.3 Å². The number of carbonyl (C=O) groups excluding carboxylic acids is 1. The van der Waals surface area contributed by atoms with Gasteiger partial charge in [0.2, 0.25) is 0 Å². The fourth-order valence-electron chi connectivity index (χ4n) is 3.89. The van der Waals surface area contributed by atoms with Gasteiger partial charge in [-0.3, -0.25) is 0 Å². The van der Waals surface area contributed by atoms with Gasteiger partial charge in [0.25, 0.3) is 0 Å². The fourth-order valence-corrected chi connectivity index (χ4v) is 3.89. The molecule has 0 aliphatic heterocycles. The van der Waals surface area contributed by atoms with Crippen LogP contribution < -0.4 is 9.88 Å². The number of para-hydroxylation sites is 3. The van der Waals surface area contributed by atoms with Gasteiger partial charge in [0.05, 0.1) is 25.8 Å². The summed E-state index contributed by atoms with van der Waals surface area (Å²) < 4.78 is 48.8. The zero-order chi connectivity index (χ0) is 26.7. The number of esters is 1. The molecule has 1 aromatic heterocycles. The number of ether oxygens (including phenoxy) is 1. The summed E-state index contributed by atoms with van der Waals surface area (Å²) in [6.07, 6.45) is 4.33. The van der Waals surface area contributed by atoms with Gasteiger partial charge in [0, 0.05) is 5.69 Å². The molecule has 10 heteroatoms. The highest BCUT2D eigenvalue weighted by atomic mass is 19.5. The van der Waals surface area contributed by atoms with E-state index in [2.05, 4.69) is 52.6 Å². The van der Waals surface area contributed by atoms with Crippen molar-refractivity contribution < 1.29 is 31.4 Å². The molecule has 0 atom stereocenters. The zero-order valence-electron chi connectivity index (χ0n) is 21.2. The smallest absolute Gasteiger partial charge is 0.466 e. The third kappa shape index (κ3) is 8.14. The van der Waals surface area contributed by atoms with E-state index >= 15 is 0 Å². The van der Waals surface area contributed by atoms with Crippen LogP contribution in [0.4, 0.5) is 23.0 Å². The van der Waals surface area contributed by atoms with Gasteiger partial charge in [-0.15, -0.1) is 0 Å². The lowest BCUT2D eigenvalue weighted by Gasteiger charge is -2.14. The molecule has 1 N–H and O–H groups in total. The Kier molecular flexibility index (Phi) is 11.0. The van der Waals surface area contributed by atoms with Crippen molar-refractivity contribution in [1.82, 2.24) is 4.57 Å². The Morgan fingerprint density at radius 1 is 0.972 bits per heavy atom. The molecule has 0 aliphatic rings. The van der Waals surface area contributed by atoms with Gasteiger partial charge < -0.3 is 27.3 Å². The van der Waals surface area contributed by atoms with E-state index < -0.39 is 7.25 Å². The molecular weight excluding hydrogens is 473 g/mol. The average molecular weight is 507 g/mol. The lowest BCUT2D eigenvalue weighted by molar-refractivity contribution is -0.675. The van der Waals surface area contributed by atoms with Crippen molar-refractivity contribution in [1.29, 1.82) is 0 Å². The highest BCUT2D eigenvalue weighted by molar-refractivity contribution is 6.50. The molecule has 196 valence electrons. The predicted octanol–water partition coefficient (Wildman–Crippen LogP) is 6.85. The molecule has 0 fully saturated rings. The maximum Gasteiger partial charge on any atom is 0.673 e. The summed E-state index contributed by atoms with van der Waals surface area (Å²) in [7, 11) is -4.57. The Bertz CT molecular complexity index is 1110. The molecule has 0 aliphatic carbocycles. The average Bonchev–Trinajstić information content (AvgIpc) is 3.16. The van der Waals surface area contributed by atoms with E-state index in [1.165, 1.54) is 18.1 Å². The third-order valence-electron chi connectivity index (χ3n) is 5.58. The number of anilines is 1. The Labute approximate surface area is 209 Å². The van der Waals surface area contributed by atoms with Gasteiger partial charge in [0.1, 0.15) is 5.70 Å². The number of hydrogen-bond donors (Lipinski definition) is 1. The SMILES string of the molecule is CCCCn1c(/C(Nc2ccccc2)=C(/C)C(=O)OC)[n+](CCCC)c2ccccc21.F[B-](F)(F)F. The number of methoxy groups -OCH3 is 1. The van der Waals surface area contributed by atoms with E-state index in [1.54, 1.807) is 0 Å². The number of halogens is 4. The van der Waals surface area contributed by atoms with Crippen LogP contribution in [0.3, 0.4) is 0 Å². The Morgan fingerprint density at radius 2 is 1.56 bits per heavy atom. The zero-order valence-corrected chi connectivity index (χ0v) is 21.2. The molecule has 3 aromatic rings. The van der Waals surface area contributed by atoms with Crippen molar-refractivity contribution in [2.45, 2.75) is 59.5 Å². The van der Waals surface area contributed by atoms with E-state index in [9.17, 15) is 22.1 Å². The summed E-state index contributed by atoms with van der Waals surface area (Å²) in [5.74, 6) is 0.697. The second kappa shape index (κ2) is 13.7. The quantitative estimate of drug-likeness (QED) is 0.107. The first-order valence-electron chi connectivity index (χ1n) is 12.1. The van der Waals surface area contributed by atoms with Crippen molar-refractivity contribution in [3.63, 3.8) is 0 Å². The molecule has 0 saturated carbocycles. The van der Waals surface area contributed by atoms with Crippen LogP contribution in [-0.2, 0) is 22.6 Å². The van der Waals surface area contributed by atoms with Crippen LogP contribution in [0.25, 0.3) is 16.7 Å². The molecule has 0 radical (unpaired) electrons. The first-order chi connectivity index (χ1) is 17.1. The first kappa shape index (κ1) is 28.9. The monoisotopic (exact) mass is 507 g/mol. The minimum Gasteiger partial charge on any atom is -0.466 e. The van der Waals surface area contributed by atoms with Crippen molar-refractivity contribution in [3.8, 4) is 0 Å². The second-order valence-corrected chi connectivity index (χ2v) is 8.30. The predicted molar refractivity (Wildman–Crippen MR) is 137 cm³/mol. The molecule has 0 saturated heterocycles. The number of nitrogens with one attached hydrogen (secondary N) is 1. The minimum atomic E-state index is -6.00. The molecule has 36 heavy (non-hydrogen) atoms. The Balaban J connectivity index is 0.000000830. The van der Waals surface area contributed by atoms with Crippen LogP contribution >= 0.6 is 0 Å². The minimum absolute atomic E-state index is 0.326. The van der Waals surface area contributed by atoms with Gasteiger partial charge >= 0.3 is 19.0 Å². The van der Waals surface area contributed by atoms with Crippen molar-refractivity contribution in [2.75, 3.05) is 12.4 Å². The molecule has 3 rings (SSSR count). The van der Waals surface area contributed by atoms with Gasteiger partial charge in [-0.1, -0.05) is 57.0 Å². The molecule has 5 nitrogen and oxygen atoms in total. The molecule has 1 heterocycles. The number of nitrogens with zero attached hydrogens (tertiary/aromatic N) is 2. The van der Waals surface area contributed by atoms with Crippen molar-refractivity contribution >= 4 is 35.6 Å². The van der Waals surface area contributed by atoms with E-state index in [1.807, 2.05) is 37.3 Å². The van der Waals surface area contributed by atoms with Gasteiger partial charge in [0.15, 0.2) is 11.0 Å². The van der Waals surface area contributed by atoms with Gasteiger partial charge in [-0.25, -0.2) is 13.9 Å². The molecule has 0 amide bonds. The van der Waals surface area contributed by atoms with Crippen molar-refractivity contribution in [3.05, 3.63) is 66.0 Å². The molecule has 0 unspecified atom stereocenters. The summed E-state index contributed by atoms with van der Waals surface area (Å²) in [5.41, 5.74) is 4.67. The summed E-state index contributed by atoms with van der Waals surface area (Å²) in [6.45, 7) is 8.02. The summed E-state index contributed by atoms with van der Waals surface area (Å²) in [4.78, 5) is 12.6. The molecule has 2 aromatic carbocycles.